The molecule has 0 unspecified atom stereocenters. The maximum atomic E-state index is 11.1. The topological polar surface area (TPSA) is 78.4 Å². The van der Waals surface area contributed by atoms with E-state index >= 15 is 0 Å². The second kappa shape index (κ2) is 6.86. The molecule has 2 N–H and O–H groups in total. The van der Waals surface area contributed by atoms with Gasteiger partial charge in [0.25, 0.3) is 0 Å². The minimum absolute atomic E-state index is 0.242. The van der Waals surface area contributed by atoms with Gasteiger partial charge in [-0.2, -0.15) is 0 Å². The van der Waals surface area contributed by atoms with E-state index in [1.54, 1.807) is 0 Å². The van der Waals surface area contributed by atoms with Gasteiger partial charge < -0.3 is 15.3 Å². The van der Waals surface area contributed by atoms with Gasteiger partial charge in [0.1, 0.15) is 17.5 Å². The molecule has 0 amide bonds. The molecule has 1 aromatic heterocycles. The van der Waals surface area contributed by atoms with Crippen molar-refractivity contribution in [3.05, 3.63) is 41.7 Å². The van der Waals surface area contributed by atoms with Crippen LogP contribution in [0.4, 0.5) is 17.3 Å². The van der Waals surface area contributed by atoms with Gasteiger partial charge in [-0.1, -0.05) is 12.1 Å². The predicted molar refractivity (Wildman–Crippen MR) is 93.8 cm³/mol. The molecule has 0 atom stereocenters. The molecule has 1 aliphatic rings. The molecule has 0 spiro atoms. The summed E-state index contributed by atoms with van der Waals surface area (Å²) in [6, 6.07) is 10.0. The first-order valence-electron chi connectivity index (χ1n) is 8.18. The van der Waals surface area contributed by atoms with Crippen LogP contribution in [-0.2, 0) is 4.79 Å². The molecule has 1 fully saturated rings. The molecule has 0 saturated carbocycles. The summed E-state index contributed by atoms with van der Waals surface area (Å²) in [5.74, 6) is 1.36. The van der Waals surface area contributed by atoms with Crippen molar-refractivity contribution in [1.29, 1.82) is 0 Å². The molecule has 6 nitrogen and oxygen atoms in total. The number of carbonyl (C=O) groups is 1. The van der Waals surface area contributed by atoms with Crippen molar-refractivity contribution in [1.82, 2.24) is 9.97 Å². The fourth-order valence-electron chi connectivity index (χ4n) is 3.00. The van der Waals surface area contributed by atoms with Crippen LogP contribution in [0.5, 0.6) is 0 Å². The molecule has 24 heavy (non-hydrogen) atoms. The highest BCUT2D eigenvalue weighted by molar-refractivity contribution is 5.70. The van der Waals surface area contributed by atoms with Crippen molar-refractivity contribution >= 4 is 23.3 Å². The van der Waals surface area contributed by atoms with Crippen molar-refractivity contribution in [2.24, 2.45) is 5.92 Å². The normalized spacial score (nSPS) is 15.3. The van der Waals surface area contributed by atoms with Gasteiger partial charge in [-0.15, -0.1) is 0 Å². The van der Waals surface area contributed by atoms with Gasteiger partial charge in [0.05, 0.1) is 5.92 Å². The van der Waals surface area contributed by atoms with Crippen LogP contribution in [0.3, 0.4) is 0 Å². The fourth-order valence-corrected chi connectivity index (χ4v) is 3.00. The number of hydrogen-bond acceptors (Lipinski definition) is 5. The summed E-state index contributed by atoms with van der Waals surface area (Å²) >= 11 is 0. The van der Waals surface area contributed by atoms with Gasteiger partial charge >= 0.3 is 5.97 Å². The summed E-state index contributed by atoms with van der Waals surface area (Å²) in [5.41, 5.74) is 2.17. The van der Waals surface area contributed by atoms with E-state index in [1.807, 2.05) is 25.1 Å². The molecule has 2 aromatic rings. The molecule has 0 aliphatic carbocycles. The number of nitrogens with one attached hydrogen (secondary N) is 1. The number of aliphatic carboxylic acids is 1. The van der Waals surface area contributed by atoms with Gasteiger partial charge in [-0.3, -0.25) is 4.79 Å². The molecular formula is C18H22N4O2. The third kappa shape index (κ3) is 3.82. The maximum Gasteiger partial charge on any atom is 0.306 e. The molecule has 126 valence electrons. The lowest BCUT2D eigenvalue weighted by Gasteiger charge is -2.31. The van der Waals surface area contributed by atoms with Crippen LogP contribution >= 0.6 is 0 Å². The summed E-state index contributed by atoms with van der Waals surface area (Å²) in [4.78, 5) is 22.2. The molecule has 6 heteroatoms. The molecule has 3 rings (SSSR count). The van der Waals surface area contributed by atoms with Gasteiger partial charge in [-0.25, -0.2) is 9.97 Å². The number of hydrogen-bond donors (Lipinski definition) is 2. The van der Waals surface area contributed by atoms with E-state index in [4.69, 9.17) is 5.11 Å². The number of carboxylic acids is 1. The second-order valence-corrected chi connectivity index (χ2v) is 6.25. The minimum Gasteiger partial charge on any atom is -0.481 e. The minimum atomic E-state index is -0.699. The summed E-state index contributed by atoms with van der Waals surface area (Å²) in [5, 5.41) is 12.4. The summed E-state index contributed by atoms with van der Waals surface area (Å²) in [6.07, 6.45) is 1.30. The van der Waals surface area contributed by atoms with E-state index in [-0.39, 0.29) is 5.92 Å². The smallest absolute Gasteiger partial charge is 0.306 e. The van der Waals surface area contributed by atoms with Crippen LogP contribution in [0.15, 0.2) is 30.3 Å². The predicted octanol–water partition coefficient (Wildman–Crippen LogP) is 3.14. The van der Waals surface area contributed by atoms with Crippen LogP contribution in [0.1, 0.15) is 24.2 Å². The van der Waals surface area contributed by atoms with Crippen LogP contribution in [0.25, 0.3) is 0 Å². The molecule has 1 saturated heterocycles. The first kappa shape index (κ1) is 16.2. The number of benzene rings is 1. The Kier molecular flexibility index (Phi) is 4.64. The molecule has 1 aliphatic heterocycles. The average Bonchev–Trinajstić information content (AvgIpc) is 2.54. The lowest BCUT2D eigenvalue weighted by molar-refractivity contribution is -0.142. The summed E-state index contributed by atoms with van der Waals surface area (Å²) in [6.45, 7) is 5.33. The summed E-state index contributed by atoms with van der Waals surface area (Å²) < 4.78 is 0. The highest BCUT2D eigenvalue weighted by atomic mass is 16.4. The highest BCUT2D eigenvalue weighted by Gasteiger charge is 2.25. The number of carboxylic acid groups (broad SMARTS) is 1. The Bertz CT molecular complexity index is 740. The third-order valence-electron chi connectivity index (χ3n) is 4.28. The summed E-state index contributed by atoms with van der Waals surface area (Å²) in [7, 11) is 0. The number of nitrogens with zero attached hydrogens (tertiary/aromatic N) is 3. The van der Waals surface area contributed by atoms with E-state index in [9.17, 15) is 4.79 Å². The van der Waals surface area contributed by atoms with Gasteiger partial charge in [-0.05, 0) is 44.4 Å². The zero-order valence-electron chi connectivity index (χ0n) is 14.0. The number of aryl methyl sites for hydroxylation is 2. The lowest BCUT2D eigenvalue weighted by atomic mass is 9.97. The van der Waals surface area contributed by atoms with Crippen molar-refractivity contribution in [3.63, 3.8) is 0 Å². The number of rotatable bonds is 4. The van der Waals surface area contributed by atoms with Gasteiger partial charge in [0.2, 0.25) is 0 Å². The Balaban J connectivity index is 1.76. The SMILES string of the molecule is Cc1cccc(Nc2cc(N3CCC(C(=O)O)CC3)nc(C)n2)c1. The Labute approximate surface area is 141 Å². The van der Waals surface area contributed by atoms with Crippen molar-refractivity contribution in [2.45, 2.75) is 26.7 Å². The van der Waals surface area contributed by atoms with Gasteiger partial charge in [0, 0.05) is 24.8 Å². The Morgan fingerprint density at radius 3 is 2.62 bits per heavy atom. The molecule has 0 radical (unpaired) electrons. The van der Waals surface area contributed by atoms with E-state index < -0.39 is 5.97 Å². The van der Waals surface area contributed by atoms with E-state index in [0.717, 1.165) is 17.3 Å². The largest absolute Gasteiger partial charge is 0.481 e. The standard InChI is InChI=1S/C18H22N4O2/c1-12-4-3-5-15(10-12)21-16-11-17(20-13(2)19-16)22-8-6-14(7-9-22)18(23)24/h3-5,10-11,14H,6-9H2,1-2H3,(H,23,24)(H,19,20,21). The van der Waals surface area contributed by atoms with E-state index in [2.05, 4.69) is 39.2 Å². The maximum absolute atomic E-state index is 11.1. The van der Waals surface area contributed by atoms with Gasteiger partial charge in [0.15, 0.2) is 0 Å². The molecular weight excluding hydrogens is 304 g/mol. The van der Waals surface area contributed by atoms with Crippen LogP contribution in [0, 0.1) is 19.8 Å². The first-order chi connectivity index (χ1) is 11.5. The second-order valence-electron chi connectivity index (χ2n) is 6.25. The van der Waals surface area contributed by atoms with E-state index in [0.29, 0.717) is 31.8 Å². The number of anilines is 3. The Hall–Kier alpha value is -2.63. The zero-order valence-corrected chi connectivity index (χ0v) is 14.0. The molecule has 1 aromatic carbocycles. The first-order valence-corrected chi connectivity index (χ1v) is 8.18. The fraction of sp³-hybridized carbons (Fsp3) is 0.389. The average molecular weight is 326 g/mol. The Morgan fingerprint density at radius 2 is 1.96 bits per heavy atom. The lowest BCUT2D eigenvalue weighted by Crippen LogP contribution is -2.36. The van der Waals surface area contributed by atoms with Crippen molar-refractivity contribution in [3.8, 4) is 0 Å². The molecule has 0 bridgehead atoms. The monoisotopic (exact) mass is 326 g/mol. The van der Waals surface area contributed by atoms with Crippen molar-refractivity contribution in [2.75, 3.05) is 23.3 Å². The number of piperidine rings is 1. The number of aromatic nitrogens is 2. The van der Waals surface area contributed by atoms with Crippen molar-refractivity contribution < 1.29 is 9.90 Å². The third-order valence-corrected chi connectivity index (χ3v) is 4.28. The molecule has 2 heterocycles. The van der Waals surface area contributed by atoms with Crippen LogP contribution in [-0.4, -0.2) is 34.1 Å². The highest BCUT2D eigenvalue weighted by Crippen LogP contribution is 2.25. The Morgan fingerprint density at radius 1 is 1.21 bits per heavy atom. The van der Waals surface area contributed by atoms with E-state index in [1.165, 1.54) is 5.56 Å². The zero-order chi connectivity index (χ0) is 17.1. The van der Waals surface area contributed by atoms with Crippen LogP contribution in [0.2, 0.25) is 0 Å². The van der Waals surface area contributed by atoms with Crippen LogP contribution < -0.4 is 10.2 Å². The quantitative estimate of drug-likeness (QED) is 0.899.